The van der Waals surface area contributed by atoms with E-state index < -0.39 is 0 Å². The monoisotopic (exact) mass is 214 g/mol. The van der Waals surface area contributed by atoms with Crippen LogP contribution in [0.15, 0.2) is 36.4 Å². The first-order valence-corrected chi connectivity index (χ1v) is 6.08. The summed E-state index contributed by atoms with van der Waals surface area (Å²) in [6.07, 6.45) is 5.96. The van der Waals surface area contributed by atoms with Gasteiger partial charge in [0.15, 0.2) is 5.78 Å². The lowest BCUT2D eigenvalue weighted by Crippen LogP contribution is -2.13. The van der Waals surface area contributed by atoms with E-state index in [-0.39, 0.29) is 0 Å². The fourth-order valence-corrected chi connectivity index (χ4v) is 2.45. The van der Waals surface area contributed by atoms with Gasteiger partial charge in [0, 0.05) is 6.42 Å². The number of carbonyl (C=O) groups excluding carboxylic acids is 1. The molecule has 1 aliphatic carbocycles. The van der Waals surface area contributed by atoms with E-state index in [1.165, 1.54) is 17.6 Å². The van der Waals surface area contributed by atoms with E-state index in [1.54, 1.807) is 0 Å². The van der Waals surface area contributed by atoms with Crippen LogP contribution in [0.4, 0.5) is 0 Å². The maximum atomic E-state index is 11.7. The van der Waals surface area contributed by atoms with E-state index >= 15 is 0 Å². The van der Waals surface area contributed by atoms with Gasteiger partial charge in [-0.2, -0.15) is 0 Å². The maximum Gasteiger partial charge on any atom is 0.156 e. The van der Waals surface area contributed by atoms with Crippen LogP contribution in [0.25, 0.3) is 5.57 Å². The summed E-state index contributed by atoms with van der Waals surface area (Å²) in [5.74, 6) is 0.848. The Bertz CT molecular complexity index is 389. The number of ketones is 1. The highest BCUT2D eigenvalue weighted by Gasteiger charge is 2.20. The number of benzene rings is 1. The number of allylic oxidation sites excluding steroid dienone is 2. The minimum Gasteiger partial charge on any atom is -0.295 e. The molecule has 1 nitrogen and oxygen atoms in total. The fraction of sp³-hybridized carbons (Fsp3) is 0.400. The van der Waals surface area contributed by atoms with E-state index in [4.69, 9.17) is 0 Å². The number of hydrogen-bond acceptors (Lipinski definition) is 1. The predicted octanol–water partition coefficient (Wildman–Crippen LogP) is 3.85. The second-order valence-electron chi connectivity index (χ2n) is 4.56. The third-order valence-corrected chi connectivity index (χ3v) is 3.18. The smallest absolute Gasteiger partial charge is 0.156 e. The number of carbonyl (C=O) groups is 1. The van der Waals surface area contributed by atoms with Gasteiger partial charge in [0.05, 0.1) is 0 Å². The lowest BCUT2D eigenvalue weighted by Gasteiger charge is -2.21. The zero-order chi connectivity index (χ0) is 11.4. The van der Waals surface area contributed by atoms with E-state index in [0.717, 1.165) is 19.3 Å². The summed E-state index contributed by atoms with van der Waals surface area (Å²) >= 11 is 0. The van der Waals surface area contributed by atoms with Crippen molar-refractivity contribution in [3.63, 3.8) is 0 Å². The van der Waals surface area contributed by atoms with Crippen molar-refractivity contribution in [3.05, 3.63) is 42.0 Å². The Kier molecular flexibility index (Phi) is 3.55. The maximum absolute atomic E-state index is 11.7. The molecule has 0 aromatic heterocycles. The van der Waals surface area contributed by atoms with Crippen molar-refractivity contribution in [1.29, 1.82) is 0 Å². The second-order valence-corrected chi connectivity index (χ2v) is 4.56. The molecule has 0 fully saturated rings. The van der Waals surface area contributed by atoms with Gasteiger partial charge in [0.1, 0.15) is 0 Å². The average Bonchev–Trinajstić information content (AvgIpc) is 2.30. The van der Waals surface area contributed by atoms with Crippen molar-refractivity contribution in [3.8, 4) is 0 Å². The Balaban J connectivity index is 2.18. The Morgan fingerprint density at radius 1 is 1.19 bits per heavy atom. The van der Waals surface area contributed by atoms with E-state index in [0.29, 0.717) is 11.7 Å². The average molecular weight is 214 g/mol. The van der Waals surface area contributed by atoms with Crippen molar-refractivity contribution < 1.29 is 4.79 Å². The molecule has 0 saturated carbocycles. The van der Waals surface area contributed by atoms with Gasteiger partial charge in [-0.05, 0) is 36.0 Å². The van der Waals surface area contributed by atoms with Crippen LogP contribution in [0, 0.1) is 5.92 Å². The van der Waals surface area contributed by atoms with E-state index in [2.05, 4.69) is 19.1 Å². The van der Waals surface area contributed by atoms with Gasteiger partial charge in [-0.3, -0.25) is 4.79 Å². The molecule has 16 heavy (non-hydrogen) atoms. The summed E-state index contributed by atoms with van der Waals surface area (Å²) in [6.45, 7) is 2.19. The molecule has 0 amide bonds. The Hall–Kier alpha value is -1.37. The number of hydrogen-bond donors (Lipinski definition) is 0. The minimum absolute atomic E-state index is 0.295. The van der Waals surface area contributed by atoms with Crippen LogP contribution in [0.2, 0.25) is 0 Å². The topological polar surface area (TPSA) is 17.1 Å². The van der Waals surface area contributed by atoms with Crippen LogP contribution < -0.4 is 0 Å². The fourth-order valence-electron chi connectivity index (χ4n) is 2.45. The Labute approximate surface area is 97.2 Å². The predicted molar refractivity (Wildman–Crippen MR) is 67.1 cm³/mol. The molecule has 0 heterocycles. The first kappa shape index (κ1) is 11.1. The Morgan fingerprint density at radius 2 is 1.94 bits per heavy atom. The van der Waals surface area contributed by atoms with Crippen molar-refractivity contribution in [2.45, 2.75) is 32.6 Å². The molecule has 0 saturated heterocycles. The zero-order valence-corrected chi connectivity index (χ0v) is 9.78. The SMILES string of the molecule is CCCC1CC(=O)C=C(c2ccccc2)C1. The van der Waals surface area contributed by atoms with Crippen LogP contribution in [-0.2, 0) is 4.79 Å². The minimum atomic E-state index is 0.295. The van der Waals surface area contributed by atoms with Crippen molar-refractivity contribution in [2.75, 3.05) is 0 Å². The molecule has 1 aliphatic rings. The summed E-state index contributed by atoms with van der Waals surface area (Å²) < 4.78 is 0. The van der Waals surface area contributed by atoms with Gasteiger partial charge in [-0.15, -0.1) is 0 Å². The quantitative estimate of drug-likeness (QED) is 0.747. The van der Waals surface area contributed by atoms with Gasteiger partial charge >= 0.3 is 0 Å². The van der Waals surface area contributed by atoms with Crippen LogP contribution in [-0.4, -0.2) is 5.78 Å². The highest BCUT2D eigenvalue weighted by Crippen LogP contribution is 2.31. The summed E-state index contributed by atoms with van der Waals surface area (Å²) in [5, 5.41) is 0. The molecule has 2 rings (SSSR count). The molecule has 1 heteroatoms. The number of rotatable bonds is 3. The van der Waals surface area contributed by atoms with Gasteiger partial charge in [0.2, 0.25) is 0 Å². The van der Waals surface area contributed by atoms with Crippen molar-refractivity contribution in [1.82, 2.24) is 0 Å². The van der Waals surface area contributed by atoms with Crippen LogP contribution >= 0.6 is 0 Å². The van der Waals surface area contributed by atoms with Gasteiger partial charge in [0.25, 0.3) is 0 Å². The van der Waals surface area contributed by atoms with Crippen LogP contribution in [0.3, 0.4) is 0 Å². The molecule has 0 aliphatic heterocycles. The third kappa shape index (κ3) is 2.60. The highest BCUT2D eigenvalue weighted by molar-refractivity contribution is 5.98. The third-order valence-electron chi connectivity index (χ3n) is 3.18. The van der Waals surface area contributed by atoms with Crippen molar-refractivity contribution in [2.24, 2.45) is 5.92 Å². The summed E-state index contributed by atoms with van der Waals surface area (Å²) in [4.78, 5) is 11.7. The summed E-state index contributed by atoms with van der Waals surface area (Å²) in [7, 11) is 0. The molecule has 1 unspecified atom stereocenters. The van der Waals surface area contributed by atoms with Gasteiger partial charge in [-0.1, -0.05) is 43.7 Å². The highest BCUT2D eigenvalue weighted by atomic mass is 16.1. The molecule has 0 bridgehead atoms. The largest absolute Gasteiger partial charge is 0.295 e. The standard InChI is InChI=1S/C15H18O/c1-2-6-12-9-14(11-15(16)10-12)13-7-4-3-5-8-13/h3-5,7-8,11-12H,2,6,9-10H2,1H3. The van der Waals surface area contributed by atoms with Crippen LogP contribution in [0.5, 0.6) is 0 Å². The molecule has 84 valence electrons. The molecule has 1 aromatic carbocycles. The zero-order valence-electron chi connectivity index (χ0n) is 9.78. The van der Waals surface area contributed by atoms with Gasteiger partial charge in [-0.25, -0.2) is 0 Å². The van der Waals surface area contributed by atoms with Crippen molar-refractivity contribution >= 4 is 11.4 Å². The molecular weight excluding hydrogens is 196 g/mol. The van der Waals surface area contributed by atoms with E-state index in [9.17, 15) is 4.79 Å². The lowest BCUT2D eigenvalue weighted by molar-refractivity contribution is -0.115. The molecule has 0 N–H and O–H groups in total. The first-order valence-electron chi connectivity index (χ1n) is 6.08. The molecule has 1 aromatic rings. The Morgan fingerprint density at radius 3 is 2.62 bits per heavy atom. The molecule has 0 radical (unpaired) electrons. The first-order chi connectivity index (χ1) is 7.79. The molecular formula is C15H18O. The normalized spacial score (nSPS) is 20.7. The van der Waals surface area contributed by atoms with Crippen LogP contribution in [0.1, 0.15) is 38.2 Å². The molecule has 0 spiro atoms. The van der Waals surface area contributed by atoms with Gasteiger partial charge < -0.3 is 0 Å². The summed E-state index contributed by atoms with van der Waals surface area (Å²) in [6, 6.07) is 10.3. The second kappa shape index (κ2) is 5.11. The molecule has 1 atom stereocenters. The summed E-state index contributed by atoms with van der Waals surface area (Å²) in [5.41, 5.74) is 2.42. The lowest BCUT2D eigenvalue weighted by atomic mass is 9.83. The van der Waals surface area contributed by atoms with E-state index in [1.807, 2.05) is 24.3 Å².